The van der Waals surface area contributed by atoms with Gasteiger partial charge in [-0.3, -0.25) is 4.79 Å². The normalized spacial score (nSPS) is 16.0. The number of hydrogen-bond donors (Lipinski definition) is 3. The highest BCUT2D eigenvalue weighted by molar-refractivity contribution is 7.89. The lowest BCUT2D eigenvalue weighted by molar-refractivity contribution is -0.128. The van der Waals surface area contributed by atoms with Crippen LogP contribution in [0.1, 0.15) is 44.0 Å². The van der Waals surface area contributed by atoms with Crippen LogP contribution in [0.3, 0.4) is 0 Å². The molecule has 3 aromatic rings. The fraction of sp³-hybridized carbons (Fsp3) is 0.485. The lowest BCUT2D eigenvalue weighted by atomic mass is 9.97. The van der Waals surface area contributed by atoms with Crippen LogP contribution in [0.15, 0.2) is 64.9 Å². The van der Waals surface area contributed by atoms with Crippen molar-refractivity contribution in [2.75, 3.05) is 26.2 Å². The molecule has 0 saturated carbocycles. The molecular weight excluding hydrogens is 627 g/mol. The Morgan fingerprint density at radius 2 is 1.72 bits per heavy atom. The number of nitrogens with one attached hydrogen (secondary N) is 1. The Labute approximate surface area is 275 Å². The average Bonchev–Trinajstić information content (AvgIpc) is 3.57. The minimum absolute atomic E-state index is 0.00780. The topological polar surface area (TPSA) is 143 Å². The highest BCUT2D eigenvalue weighted by Crippen LogP contribution is 2.24. The van der Waals surface area contributed by atoms with Crippen molar-refractivity contribution in [1.82, 2.24) is 24.4 Å². The van der Waals surface area contributed by atoms with E-state index in [0.29, 0.717) is 19.6 Å². The predicted octanol–water partition coefficient (Wildman–Crippen LogP) is 3.85. The number of benzene rings is 2. The quantitative estimate of drug-likeness (QED) is 0.223. The van der Waals surface area contributed by atoms with Gasteiger partial charge in [0.25, 0.3) is 0 Å². The van der Waals surface area contributed by atoms with Gasteiger partial charge in [-0.2, -0.15) is 4.31 Å². The van der Waals surface area contributed by atoms with Gasteiger partial charge in [0.15, 0.2) is 0 Å². The third kappa shape index (κ3) is 8.84. The molecule has 0 spiro atoms. The first-order valence-corrected chi connectivity index (χ1v) is 17.9. The van der Waals surface area contributed by atoms with Gasteiger partial charge in [0.2, 0.25) is 15.9 Å². The molecule has 3 N–H and O–H groups in total. The van der Waals surface area contributed by atoms with Gasteiger partial charge in [0.05, 0.1) is 34.3 Å². The first-order valence-electron chi connectivity index (χ1n) is 15.5. The minimum Gasteiger partial charge on any atom is -0.508 e. The number of aliphatic hydroxyl groups is 1. The van der Waals surface area contributed by atoms with E-state index < -0.39 is 34.1 Å². The van der Waals surface area contributed by atoms with Crippen LogP contribution in [-0.4, -0.2) is 94.0 Å². The lowest BCUT2D eigenvalue weighted by Crippen LogP contribution is -2.57. The first kappa shape index (κ1) is 35.3. The van der Waals surface area contributed by atoms with E-state index in [0.717, 1.165) is 16.3 Å². The standard InChI is InChI=1S/C33H45N5O6S2/c1-22(2)18-37(46(43,44)28-13-11-27(39)12-14-28)20-30(40)29(17-25-9-7-6-8-10-25)35-32(41)31(23(3)4)38-16-15-36(33(38)42)19-26-21-45-24(5)34-26/h6-14,21-23,29-31,39-40H,15-20H2,1-5H3,(H,35,41)/t29-,30+,31+/m1/s1. The molecule has 0 radical (unpaired) electrons. The van der Waals surface area contributed by atoms with Crippen molar-refractivity contribution >= 4 is 33.3 Å². The number of hydrogen-bond acceptors (Lipinski definition) is 8. The van der Waals surface area contributed by atoms with E-state index in [1.54, 1.807) is 9.80 Å². The molecular formula is C33H45N5O6S2. The molecule has 11 nitrogen and oxygen atoms in total. The predicted molar refractivity (Wildman–Crippen MR) is 178 cm³/mol. The summed E-state index contributed by atoms with van der Waals surface area (Å²) in [6.07, 6.45) is -1.03. The number of aryl methyl sites for hydroxylation is 1. The van der Waals surface area contributed by atoms with Crippen LogP contribution in [-0.2, 0) is 27.8 Å². The summed E-state index contributed by atoms with van der Waals surface area (Å²) in [5.41, 5.74) is 1.66. The van der Waals surface area contributed by atoms with Gasteiger partial charge in [-0.1, -0.05) is 58.0 Å². The maximum atomic E-state index is 14.0. The van der Waals surface area contributed by atoms with Crippen molar-refractivity contribution < 1.29 is 28.2 Å². The van der Waals surface area contributed by atoms with Crippen LogP contribution >= 0.6 is 11.3 Å². The van der Waals surface area contributed by atoms with Gasteiger partial charge in [0, 0.05) is 31.6 Å². The number of sulfonamides is 1. The highest BCUT2D eigenvalue weighted by atomic mass is 32.2. The zero-order valence-corrected chi connectivity index (χ0v) is 28.7. The van der Waals surface area contributed by atoms with Crippen LogP contribution < -0.4 is 5.32 Å². The smallest absolute Gasteiger partial charge is 0.321 e. The van der Waals surface area contributed by atoms with Crippen molar-refractivity contribution in [3.8, 4) is 5.75 Å². The zero-order valence-electron chi connectivity index (χ0n) is 27.0. The molecule has 0 unspecified atom stereocenters. The molecule has 2 heterocycles. The summed E-state index contributed by atoms with van der Waals surface area (Å²) >= 11 is 1.52. The maximum absolute atomic E-state index is 14.0. The van der Waals surface area contributed by atoms with Crippen LogP contribution in [0.2, 0.25) is 0 Å². The maximum Gasteiger partial charge on any atom is 0.321 e. The number of phenols is 1. The van der Waals surface area contributed by atoms with Crippen LogP contribution in [0.25, 0.3) is 0 Å². The van der Waals surface area contributed by atoms with Crippen molar-refractivity contribution in [2.45, 2.75) is 70.7 Å². The molecule has 1 aliphatic rings. The molecule has 1 fully saturated rings. The summed E-state index contributed by atoms with van der Waals surface area (Å²) in [5.74, 6) is -0.750. The van der Waals surface area contributed by atoms with E-state index >= 15 is 0 Å². The molecule has 1 saturated heterocycles. The van der Waals surface area contributed by atoms with Crippen molar-refractivity contribution in [1.29, 1.82) is 0 Å². The summed E-state index contributed by atoms with van der Waals surface area (Å²) in [6.45, 7) is 10.5. The number of nitrogens with zero attached hydrogens (tertiary/aromatic N) is 4. The van der Waals surface area contributed by atoms with Crippen LogP contribution in [0.5, 0.6) is 5.75 Å². The number of thiazole rings is 1. The van der Waals surface area contributed by atoms with E-state index in [9.17, 15) is 28.2 Å². The Hall–Kier alpha value is -3.52. The third-order valence-electron chi connectivity index (χ3n) is 7.91. The second-order valence-electron chi connectivity index (χ2n) is 12.5. The van der Waals surface area contributed by atoms with Crippen molar-refractivity contribution in [2.24, 2.45) is 11.8 Å². The molecule has 46 heavy (non-hydrogen) atoms. The summed E-state index contributed by atoms with van der Waals surface area (Å²) in [7, 11) is -4.04. The number of aliphatic hydroxyl groups excluding tert-OH is 1. The summed E-state index contributed by atoms with van der Waals surface area (Å²) in [6, 6.07) is 12.7. The van der Waals surface area contributed by atoms with Gasteiger partial charge in [0.1, 0.15) is 11.8 Å². The molecule has 13 heteroatoms. The molecule has 250 valence electrons. The molecule has 0 bridgehead atoms. The number of rotatable bonds is 15. The molecule has 2 aromatic carbocycles. The zero-order chi connectivity index (χ0) is 33.6. The third-order valence-corrected chi connectivity index (χ3v) is 10.6. The van der Waals surface area contributed by atoms with Gasteiger partial charge >= 0.3 is 6.03 Å². The monoisotopic (exact) mass is 671 g/mol. The number of carbonyl (C=O) groups is 2. The van der Waals surface area contributed by atoms with Crippen LogP contribution in [0.4, 0.5) is 4.79 Å². The number of carbonyl (C=O) groups excluding carboxylic acids is 2. The lowest BCUT2D eigenvalue weighted by Gasteiger charge is -2.34. The van der Waals surface area contributed by atoms with Crippen LogP contribution in [0, 0.1) is 18.8 Å². The fourth-order valence-electron chi connectivity index (χ4n) is 5.69. The number of aromatic nitrogens is 1. The molecule has 1 aromatic heterocycles. The second kappa shape index (κ2) is 15.4. The van der Waals surface area contributed by atoms with E-state index in [4.69, 9.17) is 0 Å². The number of urea groups is 1. The van der Waals surface area contributed by atoms with Crippen molar-refractivity contribution in [3.05, 3.63) is 76.2 Å². The molecule has 4 rings (SSSR count). The highest BCUT2D eigenvalue weighted by Gasteiger charge is 2.40. The first-order chi connectivity index (χ1) is 21.8. The Bertz CT molecular complexity index is 1560. The van der Waals surface area contributed by atoms with E-state index in [2.05, 4.69) is 10.3 Å². The minimum atomic E-state index is -4.04. The SMILES string of the molecule is Cc1nc(CN2CCN([C@H](C(=O)N[C@H](Cc3ccccc3)[C@@H](O)CN(CC(C)C)S(=O)(=O)c3ccc(O)cc3)C(C)C)C2=O)cs1. The molecule has 3 atom stereocenters. The number of amides is 3. The Balaban J connectivity index is 1.56. The number of aromatic hydroxyl groups is 1. The fourth-order valence-corrected chi connectivity index (χ4v) is 7.91. The summed E-state index contributed by atoms with van der Waals surface area (Å²) in [5, 5.41) is 27.2. The Morgan fingerprint density at radius 1 is 1.04 bits per heavy atom. The Kier molecular flexibility index (Phi) is 11.8. The van der Waals surface area contributed by atoms with E-state index in [1.165, 1.54) is 39.9 Å². The van der Waals surface area contributed by atoms with Gasteiger partial charge in [-0.05, 0) is 55.0 Å². The van der Waals surface area contributed by atoms with E-state index in [1.807, 2.05) is 70.3 Å². The van der Waals surface area contributed by atoms with Gasteiger partial charge in [-0.15, -0.1) is 11.3 Å². The molecule has 0 aliphatic carbocycles. The van der Waals surface area contributed by atoms with Gasteiger partial charge in [-0.25, -0.2) is 18.2 Å². The number of phenolic OH excluding ortho intramolecular Hbond substituents is 1. The Morgan fingerprint density at radius 3 is 2.30 bits per heavy atom. The molecule has 3 amide bonds. The van der Waals surface area contributed by atoms with Crippen molar-refractivity contribution in [3.63, 3.8) is 0 Å². The second-order valence-corrected chi connectivity index (χ2v) is 15.5. The summed E-state index contributed by atoms with van der Waals surface area (Å²) < 4.78 is 28.6. The molecule has 1 aliphatic heterocycles. The van der Waals surface area contributed by atoms with E-state index in [-0.39, 0.29) is 48.0 Å². The van der Waals surface area contributed by atoms with Gasteiger partial charge < -0.3 is 25.3 Å². The largest absolute Gasteiger partial charge is 0.508 e. The average molecular weight is 672 g/mol. The summed E-state index contributed by atoms with van der Waals surface area (Å²) in [4.78, 5) is 35.2.